The number of hydrogen-bond acceptors (Lipinski definition) is 10. The van der Waals surface area contributed by atoms with Gasteiger partial charge in [-0.3, -0.25) is 4.79 Å². The Balaban J connectivity index is 0.00000289. The number of nitrogens with zero attached hydrogens (tertiary/aromatic N) is 2. The van der Waals surface area contributed by atoms with Crippen molar-refractivity contribution in [3.8, 4) is 5.75 Å². The van der Waals surface area contributed by atoms with E-state index in [1.165, 1.54) is 0 Å². The summed E-state index contributed by atoms with van der Waals surface area (Å²) >= 11 is 0. The summed E-state index contributed by atoms with van der Waals surface area (Å²) in [5, 5.41) is 20.2. The van der Waals surface area contributed by atoms with Crippen molar-refractivity contribution in [1.82, 2.24) is 0 Å². The predicted octanol–water partition coefficient (Wildman–Crippen LogP) is -2.96. The second-order valence-corrected chi connectivity index (χ2v) is 9.44. The molecule has 0 aliphatic rings. The number of rotatable bonds is 5. The van der Waals surface area contributed by atoms with Gasteiger partial charge in [0.1, 0.15) is 25.9 Å². The minimum absolute atomic E-state index is 0. The van der Waals surface area contributed by atoms with Crippen LogP contribution in [0.25, 0.3) is 10.8 Å². The molecule has 11 nitrogen and oxygen atoms in total. The molecule has 0 fully saturated rings. The number of amides is 1. The van der Waals surface area contributed by atoms with Gasteiger partial charge in [0.2, 0.25) is 5.91 Å². The van der Waals surface area contributed by atoms with Crippen LogP contribution >= 0.6 is 0 Å². The Morgan fingerprint density at radius 3 is 2.12 bits per heavy atom. The maximum absolute atomic E-state index is 11.9. The van der Waals surface area contributed by atoms with Gasteiger partial charge in [0.25, 0.3) is 0 Å². The molecule has 3 rings (SSSR count). The summed E-state index contributed by atoms with van der Waals surface area (Å²) in [6.45, 7) is 2.80. The molecule has 0 saturated heterocycles. The predicted molar refractivity (Wildman–Crippen MR) is 111 cm³/mol. The summed E-state index contributed by atoms with van der Waals surface area (Å²) < 4.78 is 70.0. The van der Waals surface area contributed by atoms with Gasteiger partial charge >= 0.3 is 59.1 Å². The Bertz CT molecular complexity index is 1510. The Labute approximate surface area is 239 Å². The van der Waals surface area contributed by atoms with Crippen molar-refractivity contribution in [3.05, 3.63) is 48.0 Å². The minimum atomic E-state index is -5.22. The molecular formula is C19H15N3Na2O8S2. The number of hydrogen-bond donors (Lipinski definition) is 2. The number of phenols is 1. The van der Waals surface area contributed by atoms with Crippen LogP contribution in [0.4, 0.5) is 17.1 Å². The van der Waals surface area contributed by atoms with E-state index in [0.29, 0.717) is 11.3 Å². The Hall–Kier alpha value is -1.39. The summed E-state index contributed by atoms with van der Waals surface area (Å²) in [7, 11) is -10.3. The van der Waals surface area contributed by atoms with Crippen LogP contribution in [0.5, 0.6) is 5.75 Å². The van der Waals surface area contributed by atoms with E-state index in [-0.39, 0.29) is 75.6 Å². The average molecular weight is 523 g/mol. The fourth-order valence-electron chi connectivity index (χ4n) is 2.96. The number of aromatic hydroxyl groups is 1. The number of carbonyl (C=O) groups excluding carboxylic acids is 1. The molecule has 0 saturated carbocycles. The molecule has 168 valence electrons. The van der Waals surface area contributed by atoms with E-state index < -0.39 is 47.4 Å². The SMILES string of the molecule is CC(=O)Nc1cc(S(=O)(=O)[O-])cc2cc(S(=O)(=O)[O-])c(N=Nc3ccccc3C)c(O)c12.[Na+].[Na+]. The molecule has 0 unspecified atom stereocenters. The van der Waals surface area contributed by atoms with E-state index in [4.69, 9.17) is 0 Å². The van der Waals surface area contributed by atoms with Gasteiger partial charge in [-0.25, -0.2) is 16.8 Å². The molecule has 0 radical (unpaired) electrons. The molecule has 0 spiro atoms. The third kappa shape index (κ3) is 6.85. The number of fused-ring (bicyclic) bond motifs is 1. The summed E-state index contributed by atoms with van der Waals surface area (Å²) in [6.07, 6.45) is 0. The molecule has 3 aromatic carbocycles. The van der Waals surface area contributed by atoms with Gasteiger partial charge in [-0.1, -0.05) is 18.2 Å². The quantitative estimate of drug-likeness (QED) is 0.202. The molecular weight excluding hydrogens is 508 g/mol. The van der Waals surface area contributed by atoms with E-state index >= 15 is 0 Å². The number of benzene rings is 3. The molecule has 0 bridgehead atoms. The molecule has 0 aromatic heterocycles. The molecule has 1 amide bonds. The van der Waals surface area contributed by atoms with Crippen LogP contribution < -0.4 is 64.4 Å². The fraction of sp³-hybridized carbons (Fsp3) is 0.105. The van der Waals surface area contributed by atoms with Crippen molar-refractivity contribution in [2.24, 2.45) is 10.2 Å². The minimum Gasteiger partial charge on any atom is -0.744 e. The zero-order chi connectivity index (χ0) is 23.8. The molecule has 15 heteroatoms. The third-order valence-electron chi connectivity index (χ3n) is 4.37. The summed E-state index contributed by atoms with van der Waals surface area (Å²) in [5.41, 5.74) is -0.00684. The van der Waals surface area contributed by atoms with Crippen molar-refractivity contribution in [1.29, 1.82) is 0 Å². The van der Waals surface area contributed by atoms with Gasteiger partial charge in [0.05, 0.1) is 21.2 Å². The monoisotopic (exact) mass is 523 g/mol. The van der Waals surface area contributed by atoms with E-state index in [1.54, 1.807) is 31.2 Å². The maximum Gasteiger partial charge on any atom is 1.00 e. The summed E-state index contributed by atoms with van der Waals surface area (Å²) in [5.74, 6) is -1.53. The standard InChI is InChI=1S/C19H17N3O8S2.2Na/c1-10-5-3-4-6-14(10)21-22-18-16(32(28,29)30)8-12-7-13(31(25,26)27)9-15(20-11(2)23)17(12)19(18)24;;/h3-9,24H,1-2H3,(H,20,23)(H,25,26,27)(H,28,29,30);;/q;2*+1/p-2. The smallest absolute Gasteiger partial charge is 0.744 e. The summed E-state index contributed by atoms with van der Waals surface area (Å²) in [4.78, 5) is 9.78. The number of anilines is 1. The Kier molecular flexibility index (Phi) is 10.4. The molecule has 2 N–H and O–H groups in total. The molecule has 0 atom stereocenters. The van der Waals surface area contributed by atoms with Crippen molar-refractivity contribution in [2.75, 3.05) is 5.32 Å². The zero-order valence-corrected chi connectivity index (χ0v) is 24.2. The second-order valence-electron chi connectivity index (χ2n) is 6.72. The van der Waals surface area contributed by atoms with Crippen LogP contribution in [-0.4, -0.2) is 37.0 Å². The van der Waals surface area contributed by atoms with Crippen molar-refractivity contribution in [2.45, 2.75) is 23.6 Å². The first-order chi connectivity index (χ1) is 14.8. The van der Waals surface area contributed by atoms with Gasteiger partial charge in [-0.15, -0.1) is 5.11 Å². The fourth-order valence-corrected chi connectivity index (χ4v) is 4.14. The van der Waals surface area contributed by atoms with Gasteiger partial charge in [-0.05, 0) is 42.1 Å². The van der Waals surface area contributed by atoms with Crippen LogP contribution in [0.1, 0.15) is 12.5 Å². The Morgan fingerprint density at radius 2 is 1.59 bits per heavy atom. The van der Waals surface area contributed by atoms with E-state index in [1.807, 2.05) is 0 Å². The van der Waals surface area contributed by atoms with Gasteiger partial charge < -0.3 is 19.5 Å². The number of carbonyl (C=O) groups is 1. The normalized spacial score (nSPS) is 11.6. The van der Waals surface area contributed by atoms with Crippen LogP contribution in [0.3, 0.4) is 0 Å². The largest absolute Gasteiger partial charge is 1.00 e. The molecule has 0 heterocycles. The number of azo groups is 1. The van der Waals surface area contributed by atoms with Crippen molar-refractivity contribution < 1.29 is 95.0 Å². The van der Waals surface area contributed by atoms with Crippen LogP contribution in [-0.2, 0) is 25.0 Å². The van der Waals surface area contributed by atoms with Gasteiger partial charge in [0, 0.05) is 12.3 Å². The van der Waals surface area contributed by atoms with E-state index in [2.05, 4.69) is 15.5 Å². The first-order valence-electron chi connectivity index (χ1n) is 8.79. The van der Waals surface area contributed by atoms with E-state index in [9.17, 15) is 35.8 Å². The van der Waals surface area contributed by atoms with Gasteiger partial charge in [0.15, 0.2) is 5.75 Å². The van der Waals surface area contributed by atoms with Crippen LogP contribution in [0.15, 0.2) is 62.5 Å². The first kappa shape index (κ1) is 30.6. The average Bonchev–Trinajstić information content (AvgIpc) is 2.66. The topological polar surface area (TPSA) is 188 Å². The molecule has 3 aromatic rings. The summed E-state index contributed by atoms with van der Waals surface area (Å²) in [6, 6.07) is 8.99. The van der Waals surface area contributed by atoms with Crippen LogP contribution in [0, 0.1) is 6.92 Å². The van der Waals surface area contributed by atoms with E-state index in [0.717, 1.165) is 25.1 Å². The number of nitrogens with one attached hydrogen (secondary N) is 1. The molecule has 34 heavy (non-hydrogen) atoms. The molecule has 0 aliphatic heterocycles. The molecule has 0 aliphatic carbocycles. The van der Waals surface area contributed by atoms with Crippen molar-refractivity contribution >= 4 is 54.0 Å². The number of aryl methyl sites for hydroxylation is 1. The maximum atomic E-state index is 11.9. The van der Waals surface area contributed by atoms with Gasteiger partial charge in [-0.2, -0.15) is 5.11 Å². The second kappa shape index (κ2) is 11.6. The van der Waals surface area contributed by atoms with Crippen LogP contribution in [0.2, 0.25) is 0 Å². The zero-order valence-electron chi connectivity index (χ0n) is 18.6. The Morgan fingerprint density at radius 1 is 0.971 bits per heavy atom. The third-order valence-corrected chi connectivity index (χ3v) is 6.03. The first-order valence-corrected chi connectivity index (χ1v) is 11.6. The van der Waals surface area contributed by atoms with Crippen molar-refractivity contribution in [3.63, 3.8) is 0 Å². The number of phenolic OH excluding ortho intramolecular Hbond substituents is 1.